The van der Waals surface area contributed by atoms with Crippen molar-refractivity contribution in [1.29, 1.82) is 0 Å². The molecule has 1 fully saturated rings. The van der Waals surface area contributed by atoms with Crippen molar-refractivity contribution in [3.8, 4) is 10.9 Å². The van der Waals surface area contributed by atoms with Crippen molar-refractivity contribution in [3.05, 3.63) is 54.1 Å². The standard InChI is InChI=1S/C22H26N4O2S/c1-2-12-25(17-11-13-26(15-17)21(23)27)14-16-7-9-18(10-8-16)28-22-24-19-5-3-4-6-20(19)29-22/h3-10,17H,2,11-15H2,1H3,(H2,23,27). The maximum Gasteiger partial charge on any atom is 0.314 e. The first-order valence-electron chi connectivity index (χ1n) is 10.0. The lowest BCUT2D eigenvalue weighted by Crippen LogP contribution is -2.40. The van der Waals surface area contributed by atoms with E-state index in [1.54, 1.807) is 16.2 Å². The summed E-state index contributed by atoms with van der Waals surface area (Å²) in [4.78, 5) is 20.2. The van der Waals surface area contributed by atoms with Gasteiger partial charge in [-0.2, -0.15) is 0 Å². The number of urea groups is 1. The largest absolute Gasteiger partial charge is 0.431 e. The van der Waals surface area contributed by atoms with Gasteiger partial charge in [-0.1, -0.05) is 42.5 Å². The number of thiazole rings is 1. The highest BCUT2D eigenvalue weighted by Crippen LogP contribution is 2.31. The Morgan fingerprint density at radius 3 is 2.76 bits per heavy atom. The van der Waals surface area contributed by atoms with E-state index >= 15 is 0 Å². The van der Waals surface area contributed by atoms with Crippen molar-refractivity contribution in [2.75, 3.05) is 19.6 Å². The summed E-state index contributed by atoms with van der Waals surface area (Å²) in [6.45, 7) is 5.50. The Bertz CT molecular complexity index is 939. The van der Waals surface area contributed by atoms with Crippen LogP contribution in [0.5, 0.6) is 10.9 Å². The summed E-state index contributed by atoms with van der Waals surface area (Å²) in [5, 5.41) is 0.657. The van der Waals surface area contributed by atoms with Crippen LogP contribution in [0.15, 0.2) is 48.5 Å². The zero-order chi connectivity index (χ0) is 20.2. The number of hydrogen-bond acceptors (Lipinski definition) is 5. The molecule has 4 rings (SSSR count). The van der Waals surface area contributed by atoms with Crippen LogP contribution < -0.4 is 10.5 Å². The molecule has 1 saturated heterocycles. The first-order valence-corrected chi connectivity index (χ1v) is 10.8. The number of primary amides is 1. The number of nitrogens with zero attached hydrogens (tertiary/aromatic N) is 3. The molecule has 1 atom stereocenters. The van der Waals surface area contributed by atoms with Crippen molar-refractivity contribution in [2.24, 2.45) is 5.73 Å². The number of rotatable bonds is 7. The Hall–Kier alpha value is -2.64. The number of aromatic nitrogens is 1. The third-order valence-electron chi connectivity index (χ3n) is 5.29. The normalized spacial score (nSPS) is 16.6. The molecule has 3 aromatic rings. The fourth-order valence-electron chi connectivity index (χ4n) is 3.81. The first-order chi connectivity index (χ1) is 14.1. The number of nitrogens with two attached hydrogens (primary N) is 1. The van der Waals surface area contributed by atoms with Crippen LogP contribution in [0.4, 0.5) is 4.79 Å². The molecule has 1 unspecified atom stereocenters. The third-order valence-corrected chi connectivity index (χ3v) is 6.21. The summed E-state index contributed by atoms with van der Waals surface area (Å²) in [6.07, 6.45) is 2.05. The summed E-state index contributed by atoms with van der Waals surface area (Å²) in [7, 11) is 0. The predicted octanol–water partition coefficient (Wildman–Crippen LogP) is 4.45. The van der Waals surface area contributed by atoms with E-state index in [2.05, 4.69) is 28.9 Å². The highest BCUT2D eigenvalue weighted by molar-refractivity contribution is 7.20. The number of carbonyl (C=O) groups excluding carboxylic acids is 1. The topological polar surface area (TPSA) is 71.7 Å². The van der Waals surface area contributed by atoms with E-state index in [9.17, 15) is 4.79 Å². The zero-order valence-corrected chi connectivity index (χ0v) is 17.4. The van der Waals surface area contributed by atoms with Crippen molar-refractivity contribution in [3.63, 3.8) is 0 Å². The van der Waals surface area contributed by atoms with Crippen LogP contribution in [0, 0.1) is 0 Å². The molecular weight excluding hydrogens is 384 g/mol. The summed E-state index contributed by atoms with van der Waals surface area (Å²) in [6, 6.07) is 16.3. The molecular formula is C22H26N4O2S. The summed E-state index contributed by atoms with van der Waals surface area (Å²) in [5.41, 5.74) is 7.63. The van der Waals surface area contributed by atoms with Crippen LogP contribution in [-0.2, 0) is 6.54 Å². The summed E-state index contributed by atoms with van der Waals surface area (Å²) >= 11 is 1.55. The molecule has 2 aromatic carbocycles. The number of likely N-dealkylation sites (tertiary alicyclic amines) is 1. The Balaban J connectivity index is 1.40. The van der Waals surface area contributed by atoms with E-state index in [4.69, 9.17) is 10.5 Å². The van der Waals surface area contributed by atoms with Crippen molar-refractivity contribution >= 4 is 27.6 Å². The molecule has 7 heteroatoms. The number of benzene rings is 2. The SMILES string of the molecule is CCCN(Cc1ccc(Oc2nc3ccccc3s2)cc1)C1CCN(C(N)=O)C1. The van der Waals surface area contributed by atoms with E-state index in [-0.39, 0.29) is 6.03 Å². The molecule has 2 heterocycles. The van der Waals surface area contributed by atoms with Gasteiger partial charge in [-0.05, 0) is 49.2 Å². The number of hydrogen-bond donors (Lipinski definition) is 1. The predicted molar refractivity (Wildman–Crippen MR) is 116 cm³/mol. The van der Waals surface area contributed by atoms with E-state index in [0.717, 1.165) is 48.4 Å². The van der Waals surface area contributed by atoms with Crippen molar-refractivity contribution < 1.29 is 9.53 Å². The van der Waals surface area contributed by atoms with Crippen LogP contribution in [0.3, 0.4) is 0 Å². The van der Waals surface area contributed by atoms with E-state index in [1.807, 2.05) is 36.4 Å². The summed E-state index contributed by atoms with van der Waals surface area (Å²) < 4.78 is 7.07. The number of ether oxygens (including phenoxy) is 1. The molecule has 1 aliphatic heterocycles. The Morgan fingerprint density at radius 1 is 1.28 bits per heavy atom. The molecule has 0 aliphatic carbocycles. The quantitative estimate of drug-likeness (QED) is 0.624. The maximum atomic E-state index is 11.4. The second kappa shape index (κ2) is 8.80. The van der Waals surface area contributed by atoms with Gasteiger partial charge >= 0.3 is 6.03 Å². The highest BCUT2D eigenvalue weighted by atomic mass is 32.1. The fraction of sp³-hybridized carbons (Fsp3) is 0.364. The smallest absolute Gasteiger partial charge is 0.314 e. The number of fused-ring (bicyclic) bond motifs is 1. The molecule has 1 aliphatic rings. The average molecular weight is 411 g/mol. The van der Waals surface area contributed by atoms with Gasteiger partial charge in [0.25, 0.3) is 5.19 Å². The molecule has 0 radical (unpaired) electrons. The molecule has 0 spiro atoms. The van der Waals surface area contributed by atoms with E-state index in [1.165, 1.54) is 5.56 Å². The van der Waals surface area contributed by atoms with Gasteiger partial charge in [0.05, 0.1) is 10.2 Å². The van der Waals surface area contributed by atoms with Crippen LogP contribution in [0.1, 0.15) is 25.3 Å². The minimum atomic E-state index is -0.319. The Kier molecular flexibility index (Phi) is 5.97. The number of carbonyl (C=O) groups is 1. The van der Waals surface area contributed by atoms with Gasteiger partial charge < -0.3 is 15.4 Å². The maximum absolute atomic E-state index is 11.4. The minimum Gasteiger partial charge on any atom is -0.431 e. The van der Waals surface area contributed by atoms with E-state index in [0.29, 0.717) is 17.8 Å². The number of amides is 2. The zero-order valence-electron chi connectivity index (χ0n) is 16.6. The monoisotopic (exact) mass is 410 g/mol. The molecule has 6 nitrogen and oxygen atoms in total. The van der Waals surface area contributed by atoms with E-state index < -0.39 is 0 Å². The number of para-hydroxylation sites is 1. The first kappa shape index (κ1) is 19.7. The van der Waals surface area contributed by atoms with Crippen LogP contribution in [-0.4, -0.2) is 46.5 Å². The second-order valence-electron chi connectivity index (χ2n) is 7.39. The molecule has 1 aromatic heterocycles. The highest BCUT2D eigenvalue weighted by Gasteiger charge is 2.29. The van der Waals surface area contributed by atoms with Gasteiger partial charge in [0.2, 0.25) is 0 Å². The fourth-order valence-corrected chi connectivity index (χ4v) is 4.65. The van der Waals surface area contributed by atoms with Gasteiger partial charge in [-0.3, -0.25) is 4.90 Å². The van der Waals surface area contributed by atoms with Crippen LogP contribution in [0.25, 0.3) is 10.2 Å². The van der Waals surface area contributed by atoms with Crippen molar-refractivity contribution in [2.45, 2.75) is 32.4 Å². The lowest BCUT2D eigenvalue weighted by atomic mass is 10.1. The minimum absolute atomic E-state index is 0.319. The Labute approximate surface area is 174 Å². The lowest BCUT2D eigenvalue weighted by molar-refractivity contribution is 0.182. The molecule has 0 bridgehead atoms. The van der Waals surface area contributed by atoms with Gasteiger partial charge in [0, 0.05) is 25.7 Å². The second-order valence-corrected chi connectivity index (χ2v) is 8.38. The lowest BCUT2D eigenvalue weighted by Gasteiger charge is -2.28. The molecule has 152 valence electrons. The van der Waals surface area contributed by atoms with Gasteiger partial charge in [0.15, 0.2) is 0 Å². The molecule has 29 heavy (non-hydrogen) atoms. The van der Waals surface area contributed by atoms with Crippen LogP contribution >= 0.6 is 11.3 Å². The molecule has 0 saturated carbocycles. The molecule has 2 amide bonds. The van der Waals surface area contributed by atoms with Gasteiger partial charge in [0.1, 0.15) is 5.75 Å². The third kappa shape index (κ3) is 4.68. The van der Waals surface area contributed by atoms with Gasteiger partial charge in [-0.25, -0.2) is 9.78 Å². The molecule has 2 N–H and O–H groups in total. The van der Waals surface area contributed by atoms with Crippen LogP contribution in [0.2, 0.25) is 0 Å². The van der Waals surface area contributed by atoms with Crippen molar-refractivity contribution in [1.82, 2.24) is 14.8 Å². The average Bonchev–Trinajstić information content (AvgIpc) is 3.36. The van der Waals surface area contributed by atoms with Gasteiger partial charge in [-0.15, -0.1) is 0 Å². The summed E-state index contributed by atoms with van der Waals surface area (Å²) in [5.74, 6) is 0.788. The Morgan fingerprint density at radius 2 is 2.07 bits per heavy atom.